The van der Waals surface area contributed by atoms with E-state index in [1.165, 1.54) is 56.7 Å². The molecule has 0 aliphatic carbocycles. The maximum atomic E-state index is 2.69. The Labute approximate surface area is 104 Å². The van der Waals surface area contributed by atoms with Crippen LogP contribution >= 0.6 is 0 Å². The molecule has 2 heterocycles. The van der Waals surface area contributed by atoms with Gasteiger partial charge in [0.15, 0.2) is 0 Å². The van der Waals surface area contributed by atoms with Crippen LogP contribution in [-0.2, 0) is 0 Å². The van der Waals surface area contributed by atoms with E-state index in [0.717, 1.165) is 6.04 Å². The van der Waals surface area contributed by atoms with Crippen molar-refractivity contribution in [2.75, 3.05) is 31.1 Å². The third-order valence-electron chi connectivity index (χ3n) is 4.24. The highest BCUT2D eigenvalue weighted by Crippen LogP contribution is 2.24. The normalized spacial score (nSPS) is 25.7. The van der Waals surface area contributed by atoms with Crippen molar-refractivity contribution < 1.29 is 0 Å². The second-order valence-electron chi connectivity index (χ2n) is 5.47. The van der Waals surface area contributed by atoms with Crippen LogP contribution in [0.4, 0.5) is 5.69 Å². The summed E-state index contributed by atoms with van der Waals surface area (Å²) in [5, 5.41) is 0. The van der Waals surface area contributed by atoms with Crippen molar-refractivity contribution in [2.24, 2.45) is 0 Å². The summed E-state index contributed by atoms with van der Waals surface area (Å²) in [6, 6.07) is 9.80. The third kappa shape index (κ3) is 2.32. The number of fused-ring (bicyclic) bond motifs is 1. The number of hydrogen-bond acceptors (Lipinski definition) is 2. The molecular weight excluding hydrogens is 208 g/mol. The van der Waals surface area contributed by atoms with Crippen molar-refractivity contribution >= 4 is 5.69 Å². The minimum atomic E-state index is 0.804. The fraction of sp³-hybridized carbons (Fsp3) is 0.600. The first-order valence-corrected chi connectivity index (χ1v) is 6.88. The molecule has 1 unspecified atom stereocenters. The Kier molecular flexibility index (Phi) is 3.06. The summed E-state index contributed by atoms with van der Waals surface area (Å²) in [6.45, 7) is 7.15. The van der Waals surface area contributed by atoms with E-state index >= 15 is 0 Å². The van der Waals surface area contributed by atoms with E-state index in [9.17, 15) is 0 Å². The molecule has 0 spiro atoms. The van der Waals surface area contributed by atoms with Crippen LogP contribution in [0.1, 0.15) is 24.8 Å². The monoisotopic (exact) mass is 230 g/mol. The molecule has 1 aromatic carbocycles. The highest BCUT2D eigenvalue weighted by Gasteiger charge is 2.28. The van der Waals surface area contributed by atoms with E-state index < -0.39 is 0 Å². The van der Waals surface area contributed by atoms with Gasteiger partial charge in [-0.3, -0.25) is 4.90 Å². The van der Waals surface area contributed by atoms with Gasteiger partial charge < -0.3 is 4.90 Å². The van der Waals surface area contributed by atoms with Crippen LogP contribution in [0.25, 0.3) is 0 Å². The molecule has 1 aromatic rings. The lowest BCUT2D eigenvalue weighted by Gasteiger charge is -2.45. The Hall–Kier alpha value is -1.02. The van der Waals surface area contributed by atoms with Crippen LogP contribution in [0.3, 0.4) is 0 Å². The summed E-state index contributed by atoms with van der Waals surface area (Å²) in [4.78, 5) is 5.25. The first kappa shape index (κ1) is 11.1. The van der Waals surface area contributed by atoms with Crippen molar-refractivity contribution in [1.29, 1.82) is 0 Å². The molecule has 1 atom stereocenters. The van der Waals surface area contributed by atoms with Crippen molar-refractivity contribution in [2.45, 2.75) is 32.2 Å². The number of anilines is 1. The van der Waals surface area contributed by atoms with Gasteiger partial charge in [-0.1, -0.05) is 24.1 Å². The first-order chi connectivity index (χ1) is 8.33. The zero-order valence-corrected chi connectivity index (χ0v) is 10.7. The Bertz CT molecular complexity index is 371. The van der Waals surface area contributed by atoms with Gasteiger partial charge in [0, 0.05) is 31.4 Å². The van der Waals surface area contributed by atoms with Crippen LogP contribution in [0.15, 0.2) is 24.3 Å². The molecule has 2 aliphatic rings. The number of hydrogen-bond donors (Lipinski definition) is 0. The van der Waals surface area contributed by atoms with E-state index in [0.29, 0.717) is 0 Å². The minimum absolute atomic E-state index is 0.804. The fourth-order valence-electron chi connectivity index (χ4n) is 3.15. The van der Waals surface area contributed by atoms with Gasteiger partial charge in [-0.15, -0.1) is 0 Å². The average Bonchev–Trinajstić information content (AvgIpc) is 2.39. The van der Waals surface area contributed by atoms with Crippen molar-refractivity contribution in [1.82, 2.24) is 4.90 Å². The molecule has 0 aromatic heterocycles. The summed E-state index contributed by atoms with van der Waals surface area (Å²) >= 11 is 0. The SMILES string of the molecule is Cc1ccc(N2CCN3CCCCC3C2)cc1. The molecule has 0 radical (unpaired) electrons. The van der Waals surface area contributed by atoms with E-state index in [2.05, 4.69) is 41.0 Å². The van der Waals surface area contributed by atoms with E-state index in [1.54, 1.807) is 0 Å². The van der Waals surface area contributed by atoms with Crippen LogP contribution in [-0.4, -0.2) is 37.1 Å². The summed E-state index contributed by atoms with van der Waals surface area (Å²) in [7, 11) is 0. The van der Waals surface area contributed by atoms with Gasteiger partial charge in [0.1, 0.15) is 0 Å². The lowest BCUT2D eigenvalue weighted by Crippen LogP contribution is -2.54. The maximum Gasteiger partial charge on any atom is 0.0367 e. The summed E-state index contributed by atoms with van der Waals surface area (Å²) in [5.41, 5.74) is 2.76. The average molecular weight is 230 g/mol. The molecule has 17 heavy (non-hydrogen) atoms. The molecule has 92 valence electrons. The minimum Gasteiger partial charge on any atom is -0.369 e. The van der Waals surface area contributed by atoms with Crippen LogP contribution < -0.4 is 4.90 Å². The third-order valence-corrected chi connectivity index (χ3v) is 4.24. The standard InChI is InChI=1S/C15H22N2/c1-13-5-7-14(8-6-13)17-11-10-16-9-3-2-4-15(16)12-17/h5-8,15H,2-4,9-12H2,1H3. The summed E-state index contributed by atoms with van der Waals surface area (Å²) in [6.07, 6.45) is 4.21. The molecular formula is C15H22N2. The Morgan fingerprint density at radius 2 is 1.82 bits per heavy atom. The highest BCUT2D eigenvalue weighted by molar-refractivity contribution is 5.48. The topological polar surface area (TPSA) is 6.48 Å². The molecule has 0 N–H and O–H groups in total. The fourth-order valence-corrected chi connectivity index (χ4v) is 3.15. The van der Waals surface area contributed by atoms with Gasteiger partial charge in [-0.2, -0.15) is 0 Å². The number of aryl methyl sites for hydroxylation is 1. The lowest BCUT2D eigenvalue weighted by atomic mass is 9.99. The Morgan fingerprint density at radius 3 is 2.65 bits per heavy atom. The quantitative estimate of drug-likeness (QED) is 0.732. The smallest absolute Gasteiger partial charge is 0.0367 e. The Morgan fingerprint density at radius 1 is 1.00 bits per heavy atom. The maximum absolute atomic E-state index is 2.69. The molecule has 2 aliphatic heterocycles. The van der Waals surface area contributed by atoms with E-state index in [-0.39, 0.29) is 0 Å². The number of nitrogens with zero attached hydrogens (tertiary/aromatic N) is 2. The van der Waals surface area contributed by atoms with Gasteiger partial charge in [0.25, 0.3) is 0 Å². The zero-order valence-electron chi connectivity index (χ0n) is 10.7. The molecule has 2 fully saturated rings. The largest absolute Gasteiger partial charge is 0.369 e. The van der Waals surface area contributed by atoms with E-state index in [4.69, 9.17) is 0 Å². The van der Waals surface area contributed by atoms with Gasteiger partial charge in [-0.25, -0.2) is 0 Å². The second-order valence-corrected chi connectivity index (χ2v) is 5.47. The summed E-state index contributed by atoms with van der Waals surface area (Å²) in [5.74, 6) is 0. The molecule has 0 amide bonds. The highest BCUT2D eigenvalue weighted by atomic mass is 15.3. The first-order valence-electron chi connectivity index (χ1n) is 6.88. The van der Waals surface area contributed by atoms with E-state index in [1.807, 2.05) is 0 Å². The second kappa shape index (κ2) is 4.69. The molecule has 2 heteroatoms. The Balaban J connectivity index is 1.71. The number of benzene rings is 1. The van der Waals surface area contributed by atoms with Crippen molar-refractivity contribution in [3.63, 3.8) is 0 Å². The van der Waals surface area contributed by atoms with Crippen LogP contribution in [0.2, 0.25) is 0 Å². The molecule has 2 nitrogen and oxygen atoms in total. The molecule has 0 saturated carbocycles. The summed E-state index contributed by atoms with van der Waals surface area (Å²) < 4.78 is 0. The van der Waals surface area contributed by atoms with Crippen molar-refractivity contribution in [3.05, 3.63) is 29.8 Å². The van der Waals surface area contributed by atoms with Gasteiger partial charge in [-0.05, 0) is 38.4 Å². The molecule has 3 rings (SSSR count). The number of piperazine rings is 1. The predicted octanol–water partition coefficient (Wildman–Crippen LogP) is 2.67. The van der Waals surface area contributed by atoms with Crippen LogP contribution in [0, 0.1) is 6.92 Å². The molecule has 0 bridgehead atoms. The van der Waals surface area contributed by atoms with Gasteiger partial charge >= 0.3 is 0 Å². The van der Waals surface area contributed by atoms with Gasteiger partial charge in [0.05, 0.1) is 0 Å². The number of rotatable bonds is 1. The van der Waals surface area contributed by atoms with Crippen molar-refractivity contribution in [3.8, 4) is 0 Å². The van der Waals surface area contributed by atoms with Crippen LogP contribution in [0.5, 0.6) is 0 Å². The molecule has 2 saturated heterocycles. The number of piperidine rings is 1. The zero-order chi connectivity index (χ0) is 11.7. The lowest BCUT2D eigenvalue weighted by molar-refractivity contribution is 0.133. The van der Waals surface area contributed by atoms with Gasteiger partial charge in [0.2, 0.25) is 0 Å². The predicted molar refractivity (Wildman–Crippen MR) is 72.6 cm³/mol.